The van der Waals surface area contributed by atoms with Crippen molar-refractivity contribution in [3.05, 3.63) is 23.4 Å². The predicted molar refractivity (Wildman–Crippen MR) is 69.8 cm³/mol. The Morgan fingerprint density at radius 3 is 2.76 bits per heavy atom. The molecule has 0 bridgehead atoms. The quantitative estimate of drug-likeness (QED) is 0.703. The summed E-state index contributed by atoms with van der Waals surface area (Å²) in [5.74, 6) is 1.12. The summed E-state index contributed by atoms with van der Waals surface area (Å²) < 4.78 is 10.7. The van der Waals surface area contributed by atoms with Gasteiger partial charge in [-0.3, -0.25) is 0 Å². The highest BCUT2D eigenvalue weighted by Crippen LogP contribution is 2.17. The molecule has 0 saturated heterocycles. The van der Waals surface area contributed by atoms with Crippen LogP contribution in [0.1, 0.15) is 31.5 Å². The van der Waals surface area contributed by atoms with E-state index in [1.54, 1.807) is 7.11 Å². The molecule has 0 fully saturated rings. The normalized spacial score (nSPS) is 12.5. The Bertz CT molecular complexity index is 344. The second-order valence-corrected chi connectivity index (χ2v) is 4.34. The van der Waals surface area contributed by atoms with Crippen LogP contribution in [0.3, 0.4) is 0 Å². The minimum Gasteiger partial charge on any atom is -0.472 e. The largest absolute Gasteiger partial charge is 0.472 e. The van der Waals surface area contributed by atoms with Crippen molar-refractivity contribution in [3.8, 4) is 5.88 Å². The Balaban J connectivity index is 2.79. The highest BCUT2D eigenvalue weighted by atomic mass is 35.5. The zero-order valence-corrected chi connectivity index (χ0v) is 11.5. The molecule has 0 aliphatic carbocycles. The SMILES string of the molecule is CCCc1cc(CCl)cc(OC(C)COC)n1. The molecule has 1 rings (SSSR count). The number of aryl methyl sites for hydroxylation is 1. The Hall–Kier alpha value is -0.800. The molecule has 1 aromatic heterocycles. The second-order valence-electron chi connectivity index (χ2n) is 4.07. The van der Waals surface area contributed by atoms with Gasteiger partial charge in [-0.2, -0.15) is 0 Å². The van der Waals surface area contributed by atoms with E-state index in [0.29, 0.717) is 18.4 Å². The molecule has 0 aliphatic rings. The molecule has 0 radical (unpaired) electrons. The lowest BCUT2D eigenvalue weighted by Crippen LogP contribution is -2.18. The number of nitrogens with zero attached hydrogens (tertiary/aromatic N) is 1. The van der Waals surface area contributed by atoms with Crippen molar-refractivity contribution in [2.75, 3.05) is 13.7 Å². The third kappa shape index (κ3) is 4.92. The third-order valence-electron chi connectivity index (χ3n) is 2.30. The highest BCUT2D eigenvalue weighted by molar-refractivity contribution is 6.17. The van der Waals surface area contributed by atoms with E-state index in [2.05, 4.69) is 11.9 Å². The van der Waals surface area contributed by atoms with Gasteiger partial charge in [0.05, 0.1) is 6.61 Å². The van der Waals surface area contributed by atoms with E-state index in [1.807, 2.05) is 19.1 Å². The van der Waals surface area contributed by atoms with Crippen LogP contribution in [0.15, 0.2) is 12.1 Å². The minimum absolute atomic E-state index is 0.00690. The van der Waals surface area contributed by atoms with Crippen LogP contribution >= 0.6 is 11.6 Å². The van der Waals surface area contributed by atoms with Gasteiger partial charge in [0.25, 0.3) is 0 Å². The standard InChI is InChI=1S/C13H20ClNO2/c1-4-5-12-6-11(8-14)7-13(15-12)17-10(2)9-16-3/h6-7,10H,4-5,8-9H2,1-3H3. The lowest BCUT2D eigenvalue weighted by atomic mass is 10.2. The van der Waals surface area contributed by atoms with Gasteiger partial charge >= 0.3 is 0 Å². The maximum Gasteiger partial charge on any atom is 0.214 e. The molecule has 0 aliphatic heterocycles. The molecule has 4 heteroatoms. The molecule has 0 N–H and O–H groups in total. The smallest absolute Gasteiger partial charge is 0.214 e. The van der Waals surface area contributed by atoms with Crippen LogP contribution in [-0.2, 0) is 17.0 Å². The summed E-state index contributed by atoms with van der Waals surface area (Å²) in [7, 11) is 1.66. The maximum absolute atomic E-state index is 5.86. The number of hydrogen-bond donors (Lipinski definition) is 0. The minimum atomic E-state index is -0.00690. The van der Waals surface area contributed by atoms with E-state index in [0.717, 1.165) is 24.1 Å². The number of alkyl halides is 1. The molecule has 0 aromatic carbocycles. The monoisotopic (exact) mass is 257 g/mol. The molecule has 1 unspecified atom stereocenters. The van der Waals surface area contributed by atoms with Gasteiger partial charge in [0.15, 0.2) is 0 Å². The van der Waals surface area contributed by atoms with Crippen molar-refractivity contribution >= 4 is 11.6 Å². The summed E-state index contributed by atoms with van der Waals surface area (Å²) in [5, 5.41) is 0. The lowest BCUT2D eigenvalue weighted by molar-refractivity contribution is 0.0888. The zero-order chi connectivity index (χ0) is 12.7. The third-order valence-corrected chi connectivity index (χ3v) is 2.61. The first-order valence-corrected chi connectivity index (χ1v) is 6.44. The van der Waals surface area contributed by atoms with Crippen LogP contribution in [0.25, 0.3) is 0 Å². The van der Waals surface area contributed by atoms with Crippen molar-refractivity contribution in [3.63, 3.8) is 0 Å². The van der Waals surface area contributed by atoms with Crippen molar-refractivity contribution in [2.45, 2.75) is 38.7 Å². The van der Waals surface area contributed by atoms with Gasteiger partial charge in [0.2, 0.25) is 5.88 Å². The number of pyridine rings is 1. The zero-order valence-electron chi connectivity index (χ0n) is 10.7. The average molecular weight is 258 g/mol. The average Bonchev–Trinajstić information content (AvgIpc) is 2.29. The lowest BCUT2D eigenvalue weighted by Gasteiger charge is -2.14. The molecular formula is C13H20ClNO2. The van der Waals surface area contributed by atoms with Gasteiger partial charge in [-0.15, -0.1) is 11.6 Å². The second kappa shape index (κ2) is 7.51. The maximum atomic E-state index is 5.86. The number of hydrogen-bond acceptors (Lipinski definition) is 3. The fraction of sp³-hybridized carbons (Fsp3) is 0.615. The van der Waals surface area contributed by atoms with Crippen molar-refractivity contribution in [2.24, 2.45) is 0 Å². The Labute approximate surface area is 108 Å². The summed E-state index contributed by atoms with van der Waals surface area (Å²) in [6.45, 7) is 4.64. The van der Waals surface area contributed by atoms with Gasteiger partial charge in [0.1, 0.15) is 6.10 Å². The Morgan fingerprint density at radius 1 is 1.41 bits per heavy atom. The number of aromatic nitrogens is 1. The van der Waals surface area contributed by atoms with Crippen LogP contribution in [0.4, 0.5) is 0 Å². The van der Waals surface area contributed by atoms with E-state index in [-0.39, 0.29) is 6.10 Å². The molecule has 0 amide bonds. The summed E-state index contributed by atoms with van der Waals surface area (Å²) in [4.78, 5) is 4.46. The molecular weight excluding hydrogens is 238 g/mol. The van der Waals surface area contributed by atoms with E-state index in [9.17, 15) is 0 Å². The topological polar surface area (TPSA) is 31.4 Å². The molecule has 1 atom stereocenters. The molecule has 17 heavy (non-hydrogen) atoms. The Morgan fingerprint density at radius 2 is 2.18 bits per heavy atom. The first kappa shape index (κ1) is 14.3. The first-order chi connectivity index (χ1) is 8.19. The van der Waals surface area contributed by atoms with E-state index in [1.165, 1.54) is 0 Å². The van der Waals surface area contributed by atoms with Gasteiger partial charge in [-0.25, -0.2) is 4.98 Å². The van der Waals surface area contributed by atoms with Crippen LogP contribution in [0.5, 0.6) is 5.88 Å². The van der Waals surface area contributed by atoms with E-state index < -0.39 is 0 Å². The summed E-state index contributed by atoms with van der Waals surface area (Å²) >= 11 is 5.86. The number of rotatable bonds is 7. The fourth-order valence-corrected chi connectivity index (χ4v) is 1.77. The molecule has 1 heterocycles. The van der Waals surface area contributed by atoms with Gasteiger partial charge in [0, 0.05) is 24.8 Å². The van der Waals surface area contributed by atoms with Crippen LogP contribution in [0, 0.1) is 0 Å². The van der Waals surface area contributed by atoms with Crippen LogP contribution in [0.2, 0.25) is 0 Å². The summed E-state index contributed by atoms with van der Waals surface area (Å²) in [5.41, 5.74) is 2.08. The fourth-order valence-electron chi connectivity index (χ4n) is 1.62. The number of halogens is 1. The first-order valence-electron chi connectivity index (χ1n) is 5.91. The van der Waals surface area contributed by atoms with E-state index >= 15 is 0 Å². The van der Waals surface area contributed by atoms with Gasteiger partial charge in [-0.05, 0) is 25.0 Å². The molecule has 0 spiro atoms. The van der Waals surface area contributed by atoms with Crippen LogP contribution in [-0.4, -0.2) is 24.8 Å². The molecule has 96 valence electrons. The van der Waals surface area contributed by atoms with E-state index in [4.69, 9.17) is 21.1 Å². The van der Waals surface area contributed by atoms with Crippen LogP contribution < -0.4 is 4.74 Å². The van der Waals surface area contributed by atoms with Crippen molar-refractivity contribution in [1.82, 2.24) is 4.98 Å². The summed E-state index contributed by atoms with van der Waals surface area (Å²) in [6.07, 6.45) is 2.00. The molecule has 0 saturated carbocycles. The predicted octanol–water partition coefficient (Wildman–Crippen LogP) is 3.19. The van der Waals surface area contributed by atoms with Gasteiger partial charge < -0.3 is 9.47 Å². The molecule has 3 nitrogen and oxygen atoms in total. The van der Waals surface area contributed by atoms with Gasteiger partial charge in [-0.1, -0.05) is 13.3 Å². The Kier molecular flexibility index (Phi) is 6.30. The van der Waals surface area contributed by atoms with Crippen molar-refractivity contribution < 1.29 is 9.47 Å². The summed E-state index contributed by atoms with van der Waals surface area (Å²) in [6, 6.07) is 3.92. The highest BCUT2D eigenvalue weighted by Gasteiger charge is 2.07. The van der Waals surface area contributed by atoms with Crippen molar-refractivity contribution in [1.29, 1.82) is 0 Å². The number of methoxy groups -OCH3 is 1. The molecule has 1 aromatic rings. The number of ether oxygens (including phenoxy) is 2.